The topological polar surface area (TPSA) is 81.8 Å². The van der Waals surface area contributed by atoms with Crippen molar-refractivity contribution in [3.05, 3.63) is 23.8 Å². The fourth-order valence-electron chi connectivity index (χ4n) is 2.59. The number of aryl methyl sites for hydroxylation is 1. The van der Waals surface area contributed by atoms with Crippen LogP contribution in [0.3, 0.4) is 0 Å². The standard InChI is InChI=1S/C17H27NO4/c1-12(9-14(11-18)17(19)20)5-4-6-13-7-8-15(21-2)16(10-13)22-3/h7-8,10,12,14H,4-6,9,11,18H2,1-3H3,(H,19,20). The molecular formula is C17H27NO4. The van der Waals surface area contributed by atoms with Gasteiger partial charge in [-0.3, -0.25) is 4.79 Å². The molecule has 0 heterocycles. The molecule has 1 aromatic rings. The fraction of sp³-hybridized carbons (Fsp3) is 0.588. The lowest BCUT2D eigenvalue weighted by atomic mass is 9.91. The lowest BCUT2D eigenvalue weighted by Crippen LogP contribution is -2.25. The lowest BCUT2D eigenvalue weighted by molar-refractivity contribution is -0.141. The summed E-state index contributed by atoms with van der Waals surface area (Å²) in [7, 11) is 3.25. The van der Waals surface area contributed by atoms with Gasteiger partial charge in [0.1, 0.15) is 0 Å². The van der Waals surface area contributed by atoms with Crippen LogP contribution in [0.5, 0.6) is 11.5 Å². The molecule has 0 aliphatic rings. The van der Waals surface area contributed by atoms with Gasteiger partial charge in [0.2, 0.25) is 0 Å². The molecule has 2 unspecified atom stereocenters. The highest BCUT2D eigenvalue weighted by Gasteiger charge is 2.18. The highest BCUT2D eigenvalue weighted by atomic mass is 16.5. The number of benzene rings is 1. The molecule has 1 rings (SSSR count). The number of carboxylic acids is 1. The summed E-state index contributed by atoms with van der Waals surface area (Å²) in [6, 6.07) is 5.93. The highest BCUT2D eigenvalue weighted by molar-refractivity contribution is 5.70. The molecule has 0 aliphatic heterocycles. The minimum absolute atomic E-state index is 0.204. The van der Waals surface area contributed by atoms with E-state index >= 15 is 0 Å². The molecule has 22 heavy (non-hydrogen) atoms. The second-order valence-electron chi connectivity index (χ2n) is 5.69. The van der Waals surface area contributed by atoms with E-state index < -0.39 is 11.9 Å². The maximum absolute atomic E-state index is 11.0. The van der Waals surface area contributed by atoms with Crippen LogP contribution in [0.4, 0.5) is 0 Å². The van der Waals surface area contributed by atoms with E-state index in [1.54, 1.807) is 14.2 Å². The van der Waals surface area contributed by atoms with Crippen molar-refractivity contribution in [2.75, 3.05) is 20.8 Å². The SMILES string of the molecule is COc1ccc(CCCC(C)CC(CN)C(=O)O)cc1OC. The first-order valence-corrected chi connectivity index (χ1v) is 7.65. The van der Waals surface area contributed by atoms with Crippen LogP contribution in [-0.2, 0) is 11.2 Å². The average Bonchev–Trinajstić information content (AvgIpc) is 2.52. The molecule has 0 fully saturated rings. The number of ether oxygens (including phenoxy) is 2. The number of carboxylic acid groups (broad SMARTS) is 1. The van der Waals surface area contributed by atoms with Crippen LogP contribution in [0.25, 0.3) is 0 Å². The summed E-state index contributed by atoms with van der Waals surface area (Å²) in [5.41, 5.74) is 6.69. The minimum Gasteiger partial charge on any atom is -0.493 e. The summed E-state index contributed by atoms with van der Waals surface area (Å²) < 4.78 is 10.5. The van der Waals surface area contributed by atoms with Gasteiger partial charge in [0.05, 0.1) is 20.1 Å². The summed E-state index contributed by atoms with van der Waals surface area (Å²) in [5, 5.41) is 9.03. The van der Waals surface area contributed by atoms with E-state index in [0.29, 0.717) is 12.3 Å². The Balaban J connectivity index is 2.45. The third-order valence-corrected chi connectivity index (χ3v) is 3.93. The van der Waals surface area contributed by atoms with Crippen LogP contribution in [0.2, 0.25) is 0 Å². The van der Waals surface area contributed by atoms with Gasteiger partial charge in [-0.25, -0.2) is 0 Å². The van der Waals surface area contributed by atoms with Crippen LogP contribution in [0.15, 0.2) is 18.2 Å². The molecular weight excluding hydrogens is 282 g/mol. The molecule has 0 amide bonds. The zero-order valence-electron chi connectivity index (χ0n) is 13.7. The van der Waals surface area contributed by atoms with Crippen molar-refractivity contribution in [3.63, 3.8) is 0 Å². The van der Waals surface area contributed by atoms with E-state index in [2.05, 4.69) is 6.92 Å². The second kappa shape index (κ2) is 9.30. The van der Waals surface area contributed by atoms with E-state index in [9.17, 15) is 4.79 Å². The number of aliphatic carboxylic acids is 1. The Labute approximate surface area is 132 Å². The van der Waals surface area contributed by atoms with Crippen LogP contribution in [0, 0.1) is 11.8 Å². The molecule has 0 saturated heterocycles. The quantitative estimate of drug-likeness (QED) is 0.694. The molecule has 0 bridgehead atoms. The molecule has 5 heteroatoms. The van der Waals surface area contributed by atoms with E-state index in [4.69, 9.17) is 20.3 Å². The Hall–Kier alpha value is -1.75. The zero-order valence-corrected chi connectivity index (χ0v) is 13.7. The fourth-order valence-corrected chi connectivity index (χ4v) is 2.59. The predicted octanol–water partition coefficient (Wildman–Crippen LogP) is 2.71. The Morgan fingerprint density at radius 1 is 1.27 bits per heavy atom. The van der Waals surface area contributed by atoms with Crippen molar-refractivity contribution in [2.45, 2.75) is 32.6 Å². The summed E-state index contributed by atoms with van der Waals surface area (Å²) in [4.78, 5) is 11.0. The van der Waals surface area contributed by atoms with Gasteiger partial charge in [-0.2, -0.15) is 0 Å². The summed E-state index contributed by atoms with van der Waals surface area (Å²) in [6.07, 6.45) is 3.56. The summed E-state index contributed by atoms with van der Waals surface area (Å²) in [6.45, 7) is 2.29. The van der Waals surface area contributed by atoms with Gasteiger partial charge < -0.3 is 20.3 Å². The average molecular weight is 309 g/mol. The van der Waals surface area contributed by atoms with Gasteiger partial charge in [-0.1, -0.05) is 19.4 Å². The maximum Gasteiger partial charge on any atom is 0.307 e. The van der Waals surface area contributed by atoms with E-state index in [0.717, 1.165) is 30.8 Å². The normalized spacial score (nSPS) is 13.5. The minimum atomic E-state index is -0.797. The first-order valence-electron chi connectivity index (χ1n) is 7.65. The summed E-state index contributed by atoms with van der Waals surface area (Å²) >= 11 is 0. The van der Waals surface area contributed by atoms with Gasteiger partial charge in [0, 0.05) is 6.54 Å². The van der Waals surface area contributed by atoms with Crippen molar-refractivity contribution in [1.82, 2.24) is 0 Å². The molecule has 2 atom stereocenters. The highest BCUT2D eigenvalue weighted by Crippen LogP contribution is 2.28. The molecule has 1 aromatic carbocycles. The van der Waals surface area contributed by atoms with Gasteiger partial charge in [0.15, 0.2) is 11.5 Å². The Kier molecular flexibility index (Phi) is 7.74. The van der Waals surface area contributed by atoms with Crippen molar-refractivity contribution >= 4 is 5.97 Å². The zero-order chi connectivity index (χ0) is 16.5. The predicted molar refractivity (Wildman–Crippen MR) is 86.4 cm³/mol. The van der Waals surface area contributed by atoms with E-state index in [-0.39, 0.29) is 6.54 Å². The van der Waals surface area contributed by atoms with Crippen molar-refractivity contribution in [3.8, 4) is 11.5 Å². The third-order valence-electron chi connectivity index (χ3n) is 3.93. The Morgan fingerprint density at radius 2 is 1.95 bits per heavy atom. The second-order valence-corrected chi connectivity index (χ2v) is 5.69. The molecule has 0 aromatic heterocycles. The first kappa shape index (κ1) is 18.3. The Bertz CT molecular complexity index is 476. The molecule has 3 N–H and O–H groups in total. The van der Waals surface area contributed by atoms with Crippen LogP contribution < -0.4 is 15.2 Å². The van der Waals surface area contributed by atoms with Crippen molar-refractivity contribution in [1.29, 1.82) is 0 Å². The number of rotatable bonds is 10. The lowest BCUT2D eigenvalue weighted by Gasteiger charge is -2.16. The van der Waals surface area contributed by atoms with E-state index in [1.807, 2.05) is 18.2 Å². The van der Waals surface area contributed by atoms with Crippen LogP contribution >= 0.6 is 0 Å². The third kappa shape index (κ3) is 5.56. The van der Waals surface area contributed by atoms with Gasteiger partial charge in [-0.05, 0) is 42.9 Å². The number of carbonyl (C=O) groups is 1. The number of nitrogens with two attached hydrogens (primary N) is 1. The number of methoxy groups -OCH3 is 2. The maximum atomic E-state index is 11.0. The van der Waals surface area contributed by atoms with Crippen LogP contribution in [-0.4, -0.2) is 31.8 Å². The number of hydrogen-bond acceptors (Lipinski definition) is 4. The van der Waals surface area contributed by atoms with Crippen molar-refractivity contribution in [2.24, 2.45) is 17.6 Å². The first-order chi connectivity index (χ1) is 10.5. The molecule has 124 valence electrons. The Morgan fingerprint density at radius 3 is 2.50 bits per heavy atom. The number of hydrogen-bond donors (Lipinski definition) is 2. The molecule has 0 radical (unpaired) electrons. The van der Waals surface area contributed by atoms with Crippen molar-refractivity contribution < 1.29 is 19.4 Å². The molecule has 0 saturated carbocycles. The van der Waals surface area contributed by atoms with Gasteiger partial charge >= 0.3 is 5.97 Å². The van der Waals surface area contributed by atoms with Gasteiger partial charge in [0.25, 0.3) is 0 Å². The summed E-state index contributed by atoms with van der Waals surface area (Å²) in [5.74, 6) is 0.587. The monoisotopic (exact) mass is 309 g/mol. The van der Waals surface area contributed by atoms with Gasteiger partial charge in [-0.15, -0.1) is 0 Å². The molecule has 5 nitrogen and oxygen atoms in total. The molecule has 0 spiro atoms. The largest absolute Gasteiger partial charge is 0.493 e. The van der Waals surface area contributed by atoms with Crippen LogP contribution in [0.1, 0.15) is 31.7 Å². The van der Waals surface area contributed by atoms with E-state index in [1.165, 1.54) is 5.56 Å². The smallest absolute Gasteiger partial charge is 0.307 e. The molecule has 0 aliphatic carbocycles.